The summed E-state index contributed by atoms with van der Waals surface area (Å²) < 4.78 is 38.3. The van der Waals surface area contributed by atoms with Crippen LogP contribution in [0.1, 0.15) is 58.3 Å². The van der Waals surface area contributed by atoms with Gasteiger partial charge in [-0.05, 0) is 38.6 Å². The standard InChI is InChI=1S/C14H26F3N/c1-3-4-5-9-13(18-2)11-7-6-8-12(10-11)14(15,16)17/h11-13,18H,3-10H2,1-2H3. The van der Waals surface area contributed by atoms with Crippen molar-refractivity contribution in [3.05, 3.63) is 0 Å². The predicted octanol–water partition coefficient (Wildman–Crippen LogP) is 4.52. The molecule has 18 heavy (non-hydrogen) atoms. The molecule has 0 aromatic carbocycles. The monoisotopic (exact) mass is 265 g/mol. The van der Waals surface area contributed by atoms with Crippen LogP contribution >= 0.6 is 0 Å². The molecule has 0 heterocycles. The normalized spacial score (nSPS) is 27.2. The second-order valence-corrected chi connectivity index (χ2v) is 5.56. The third kappa shape index (κ3) is 4.79. The Morgan fingerprint density at radius 1 is 1.22 bits per heavy atom. The van der Waals surface area contributed by atoms with Crippen LogP contribution in [-0.4, -0.2) is 19.3 Å². The van der Waals surface area contributed by atoms with Crippen LogP contribution in [0.3, 0.4) is 0 Å². The van der Waals surface area contributed by atoms with E-state index in [1.54, 1.807) is 0 Å². The lowest BCUT2D eigenvalue weighted by molar-refractivity contribution is -0.186. The number of hydrogen-bond donors (Lipinski definition) is 1. The van der Waals surface area contributed by atoms with E-state index in [-0.39, 0.29) is 12.0 Å². The van der Waals surface area contributed by atoms with E-state index in [1.807, 2.05) is 7.05 Å². The first-order valence-electron chi connectivity index (χ1n) is 7.23. The summed E-state index contributed by atoms with van der Waals surface area (Å²) in [6.45, 7) is 2.15. The molecule has 1 fully saturated rings. The van der Waals surface area contributed by atoms with E-state index in [2.05, 4.69) is 12.2 Å². The minimum absolute atomic E-state index is 0.201. The Balaban J connectivity index is 2.47. The second kappa shape index (κ2) is 7.37. The van der Waals surface area contributed by atoms with Crippen molar-refractivity contribution in [2.45, 2.75) is 70.5 Å². The molecule has 1 aliphatic rings. The Hall–Kier alpha value is -0.250. The van der Waals surface area contributed by atoms with Crippen molar-refractivity contribution in [3.63, 3.8) is 0 Å². The Labute approximate surface area is 109 Å². The van der Waals surface area contributed by atoms with Gasteiger partial charge < -0.3 is 5.32 Å². The maximum absolute atomic E-state index is 12.8. The maximum atomic E-state index is 12.8. The van der Waals surface area contributed by atoms with Gasteiger partial charge in [0.2, 0.25) is 0 Å². The molecule has 1 rings (SSSR count). The number of hydrogen-bond acceptors (Lipinski definition) is 1. The molecule has 0 bridgehead atoms. The van der Waals surface area contributed by atoms with Gasteiger partial charge in [-0.3, -0.25) is 0 Å². The van der Waals surface area contributed by atoms with Gasteiger partial charge in [-0.1, -0.05) is 32.6 Å². The summed E-state index contributed by atoms with van der Waals surface area (Å²) in [6.07, 6.45) is 2.78. The van der Waals surface area contributed by atoms with E-state index in [4.69, 9.17) is 0 Å². The van der Waals surface area contributed by atoms with Gasteiger partial charge >= 0.3 is 6.18 Å². The van der Waals surface area contributed by atoms with Gasteiger partial charge in [0.25, 0.3) is 0 Å². The van der Waals surface area contributed by atoms with Gasteiger partial charge in [-0.15, -0.1) is 0 Å². The predicted molar refractivity (Wildman–Crippen MR) is 68.5 cm³/mol. The lowest BCUT2D eigenvalue weighted by atomic mass is 9.76. The zero-order chi connectivity index (χ0) is 13.6. The zero-order valence-corrected chi connectivity index (χ0v) is 11.5. The largest absolute Gasteiger partial charge is 0.391 e. The molecule has 0 amide bonds. The highest BCUT2D eigenvalue weighted by Gasteiger charge is 2.43. The van der Waals surface area contributed by atoms with E-state index < -0.39 is 12.1 Å². The fourth-order valence-electron chi connectivity index (χ4n) is 3.12. The van der Waals surface area contributed by atoms with Gasteiger partial charge in [0.15, 0.2) is 0 Å². The van der Waals surface area contributed by atoms with Gasteiger partial charge in [0.1, 0.15) is 0 Å². The average molecular weight is 265 g/mol. The fourth-order valence-corrected chi connectivity index (χ4v) is 3.12. The molecule has 3 atom stereocenters. The third-order valence-corrected chi connectivity index (χ3v) is 4.24. The summed E-state index contributed by atoms with van der Waals surface area (Å²) >= 11 is 0. The van der Waals surface area contributed by atoms with Crippen LogP contribution in [0.25, 0.3) is 0 Å². The highest BCUT2D eigenvalue weighted by molar-refractivity contribution is 4.84. The van der Waals surface area contributed by atoms with Crippen molar-refractivity contribution in [2.24, 2.45) is 11.8 Å². The Kier molecular flexibility index (Phi) is 6.47. The molecule has 3 unspecified atom stereocenters. The van der Waals surface area contributed by atoms with E-state index in [1.165, 1.54) is 6.42 Å². The quantitative estimate of drug-likeness (QED) is 0.696. The second-order valence-electron chi connectivity index (χ2n) is 5.56. The van der Waals surface area contributed by atoms with E-state index in [0.717, 1.165) is 32.1 Å². The van der Waals surface area contributed by atoms with Crippen molar-refractivity contribution in [1.82, 2.24) is 5.32 Å². The number of halogens is 3. The Morgan fingerprint density at radius 3 is 2.50 bits per heavy atom. The lowest BCUT2D eigenvalue weighted by Crippen LogP contribution is -2.39. The van der Waals surface area contributed by atoms with Gasteiger partial charge in [0, 0.05) is 6.04 Å². The van der Waals surface area contributed by atoms with Crippen LogP contribution in [0, 0.1) is 11.8 Å². The van der Waals surface area contributed by atoms with Crippen molar-refractivity contribution in [2.75, 3.05) is 7.05 Å². The molecule has 1 nitrogen and oxygen atoms in total. The van der Waals surface area contributed by atoms with E-state index in [9.17, 15) is 13.2 Å². The van der Waals surface area contributed by atoms with Crippen LogP contribution in [-0.2, 0) is 0 Å². The topological polar surface area (TPSA) is 12.0 Å². The summed E-state index contributed by atoms with van der Waals surface area (Å²) in [7, 11) is 1.88. The SMILES string of the molecule is CCCCCC(NC)C1CCCC(C(F)(F)F)C1. The van der Waals surface area contributed by atoms with Gasteiger partial charge in [-0.25, -0.2) is 0 Å². The van der Waals surface area contributed by atoms with Crippen LogP contribution < -0.4 is 5.32 Å². The summed E-state index contributed by atoms with van der Waals surface area (Å²) in [5.74, 6) is -0.870. The first-order valence-corrected chi connectivity index (χ1v) is 7.23. The molecular formula is C14H26F3N. The minimum atomic E-state index is -4.00. The fraction of sp³-hybridized carbons (Fsp3) is 1.00. The third-order valence-electron chi connectivity index (χ3n) is 4.24. The molecule has 0 aromatic heterocycles. The van der Waals surface area contributed by atoms with Crippen LogP contribution in [0.15, 0.2) is 0 Å². The Morgan fingerprint density at radius 2 is 1.94 bits per heavy atom. The number of alkyl halides is 3. The number of nitrogens with one attached hydrogen (secondary N) is 1. The van der Waals surface area contributed by atoms with Crippen LogP contribution in [0.2, 0.25) is 0 Å². The lowest BCUT2D eigenvalue weighted by Gasteiger charge is -2.35. The summed E-state index contributed by atoms with van der Waals surface area (Å²) in [6, 6.07) is 0.265. The Bertz CT molecular complexity index is 228. The number of rotatable bonds is 6. The van der Waals surface area contributed by atoms with Crippen molar-refractivity contribution in [1.29, 1.82) is 0 Å². The van der Waals surface area contributed by atoms with E-state index in [0.29, 0.717) is 12.8 Å². The first-order chi connectivity index (χ1) is 8.49. The van der Waals surface area contributed by atoms with Crippen LogP contribution in [0.4, 0.5) is 13.2 Å². The molecule has 0 saturated heterocycles. The van der Waals surface area contributed by atoms with Crippen molar-refractivity contribution >= 4 is 0 Å². The minimum Gasteiger partial charge on any atom is -0.317 e. The molecule has 108 valence electrons. The molecule has 0 aliphatic heterocycles. The molecule has 0 radical (unpaired) electrons. The van der Waals surface area contributed by atoms with Crippen molar-refractivity contribution in [3.8, 4) is 0 Å². The molecule has 4 heteroatoms. The van der Waals surface area contributed by atoms with Gasteiger partial charge in [-0.2, -0.15) is 13.2 Å². The zero-order valence-electron chi connectivity index (χ0n) is 11.5. The summed E-state index contributed by atoms with van der Waals surface area (Å²) in [5.41, 5.74) is 0. The van der Waals surface area contributed by atoms with Gasteiger partial charge in [0.05, 0.1) is 5.92 Å². The van der Waals surface area contributed by atoms with Crippen molar-refractivity contribution < 1.29 is 13.2 Å². The molecule has 1 saturated carbocycles. The first kappa shape index (κ1) is 15.8. The van der Waals surface area contributed by atoms with E-state index >= 15 is 0 Å². The molecule has 1 N–H and O–H groups in total. The molecule has 0 spiro atoms. The summed E-state index contributed by atoms with van der Waals surface area (Å²) in [5, 5.41) is 3.24. The highest BCUT2D eigenvalue weighted by Crippen LogP contribution is 2.41. The molecule has 1 aliphatic carbocycles. The molecule has 0 aromatic rings. The summed E-state index contributed by atoms with van der Waals surface area (Å²) in [4.78, 5) is 0. The maximum Gasteiger partial charge on any atom is 0.391 e. The molecular weight excluding hydrogens is 239 g/mol. The average Bonchev–Trinajstić information content (AvgIpc) is 2.34. The number of unbranched alkanes of at least 4 members (excludes halogenated alkanes) is 2. The highest BCUT2D eigenvalue weighted by atomic mass is 19.4. The smallest absolute Gasteiger partial charge is 0.317 e. The van der Waals surface area contributed by atoms with Crippen LogP contribution in [0.5, 0.6) is 0 Å².